The third kappa shape index (κ3) is 2.46. The molecule has 8 heteroatoms. The standard InChI is InChI=1S/C15H19N5O2S/c1-21-11(22-2)7-16-15-19-14-12(13-17-8-18-20(13)15)9-5-3-4-6-10(9)23-14/h8,11H,3-7H2,1-2H3,(H,16,19). The number of aromatic nitrogens is 4. The van der Waals surface area contributed by atoms with Gasteiger partial charge in [-0.1, -0.05) is 0 Å². The van der Waals surface area contributed by atoms with Crippen LogP contribution in [0.4, 0.5) is 5.95 Å². The van der Waals surface area contributed by atoms with Crippen LogP contribution in [-0.4, -0.2) is 46.6 Å². The molecule has 7 nitrogen and oxygen atoms in total. The number of nitrogens with one attached hydrogen (secondary N) is 1. The maximum atomic E-state index is 5.21. The molecule has 0 saturated carbocycles. The Balaban J connectivity index is 1.80. The number of thiophene rings is 1. The van der Waals surface area contributed by atoms with Gasteiger partial charge in [-0.3, -0.25) is 0 Å². The largest absolute Gasteiger partial charge is 0.354 e. The van der Waals surface area contributed by atoms with E-state index in [1.54, 1.807) is 36.4 Å². The van der Waals surface area contributed by atoms with Gasteiger partial charge in [0, 0.05) is 19.1 Å². The van der Waals surface area contributed by atoms with E-state index >= 15 is 0 Å². The summed E-state index contributed by atoms with van der Waals surface area (Å²) in [4.78, 5) is 11.7. The van der Waals surface area contributed by atoms with E-state index < -0.39 is 0 Å². The van der Waals surface area contributed by atoms with Gasteiger partial charge in [-0.05, 0) is 31.2 Å². The first-order valence-electron chi connectivity index (χ1n) is 7.75. The van der Waals surface area contributed by atoms with Gasteiger partial charge in [0.15, 0.2) is 11.9 Å². The normalized spacial score (nSPS) is 14.7. The third-order valence-corrected chi connectivity index (χ3v) is 5.47. The summed E-state index contributed by atoms with van der Waals surface area (Å²) in [6.45, 7) is 0.492. The minimum Gasteiger partial charge on any atom is -0.354 e. The van der Waals surface area contributed by atoms with Crippen molar-refractivity contribution in [2.45, 2.75) is 32.0 Å². The first-order valence-corrected chi connectivity index (χ1v) is 8.57. The summed E-state index contributed by atoms with van der Waals surface area (Å²) in [5.41, 5.74) is 2.29. The molecule has 4 rings (SSSR count). The summed E-state index contributed by atoms with van der Waals surface area (Å²) >= 11 is 1.78. The van der Waals surface area contributed by atoms with Crippen molar-refractivity contribution < 1.29 is 9.47 Å². The molecule has 0 bridgehead atoms. The molecular formula is C15H19N5O2S. The lowest BCUT2D eigenvalue weighted by Crippen LogP contribution is -2.25. The van der Waals surface area contributed by atoms with Crippen LogP contribution < -0.4 is 5.32 Å². The number of hydrogen-bond donors (Lipinski definition) is 1. The lowest BCUT2D eigenvalue weighted by molar-refractivity contribution is -0.0915. The summed E-state index contributed by atoms with van der Waals surface area (Å²) in [5.74, 6) is 0.669. The summed E-state index contributed by atoms with van der Waals surface area (Å²) in [5, 5.41) is 8.75. The molecule has 1 N–H and O–H groups in total. The molecule has 0 aromatic carbocycles. The van der Waals surface area contributed by atoms with Crippen LogP contribution in [0.25, 0.3) is 15.9 Å². The monoisotopic (exact) mass is 333 g/mol. The maximum absolute atomic E-state index is 5.21. The Labute approximate surface area is 137 Å². The van der Waals surface area contributed by atoms with Crippen LogP contribution in [0, 0.1) is 0 Å². The van der Waals surface area contributed by atoms with Gasteiger partial charge in [-0.2, -0.15) is 9.61 Å². The fourth-order valence-electron chi connectivity index (χ4n) is 3.12. The molecule has 0 spiro atoms. The molecule has 3 aromatic rings. The van der Waals surface area contributed by atoms with E-state index in [9.17, 15) is 0 Å². The first kappa shape index (κ1) is 14.8. The average molecular weight is 333 g/mol. The van der Waals surface area contributed by atoms with Gasteiger partial charge in [0.05, 0.1) is 11.9 Å². The molecule has 3 aromatic heterocycles. The molecule has 23 heavy (non-hydrogen) atoms. The number of anilines is 1. The van der Waals surface area contributed by atoms with E-state index in [4.69, 9.17) is 14.5 Å². The van der Waals surface area contributed by atoms with E-state index in [-0.39, 0.29) is 6.29 Å². The Morgan fingerprint density at radius 1 is 1.30 bits per heavy atom. The topological polar surface area (TPSA) is 73.6 Å². The number of hydrogen-bond acceptors (Lipinski definition) is 7. The molecular weight excluding hydrogens is 314 g/mol. The average Bonchev–Trinajstić information content (AvgIpc) is 3.19. The first-order chi connectivity index (χ1) is 11.3. The highest BCUT2D eigenvalue weighted by Crippen LogP contribution is 2.37. The molecule has 0 radical (unpaired) electrons. The smallest absolute Gasteiger partial charge is 0.227 e. The molecule has 0 saturated heterocycles. The van der Waals surface area contributed by atoms with Crippen molar-refractivity contribution in [3.63, 3.8) is 0 Å². The quantitative estimate of drug-likeness (QED) is 0.722. The van der Waals surface area contributed by atoms with Crippen LogP contribution in [0.15, 0.2) is 6.33 Å². The minimum atomic E-state index is -0.331. The number of methoxy groups -OCH3 is 2. The summed E-state index contributed by atoms with van der Waals surface area (Å²) in [7, 11) is 3.23. The van der Waals surface area contributed by atoms with Crippen molar-refractivity contribution in [3.8, 4) is 0 Å². The number of nitrogens with zero attached hydrogens (tertiary/aromatic N) is 4. The lowest BCUT2D eigenvalue weighted by atomic mass is 9.97. The Kier molecular flexibility index (Phi) is 3.88. The molecule has 0 fully saturated rings. The minimum absolute atomic E-state index is 0.331. The van der Waals surface area contributed by atoms with Crippen molar-refractivity contribution in [2.24, 2.45) is 0 Å². The highest BCUT2D eigenvalue weighted by Gasteiger charge is 2.21. The zero-order valence-electron chi connectivity index (χ0n) is 13.2. The Morgan fingerprint density at radius 2 is 2.13 bits per heavy atom. The van der Waals surface area contributed by atoms with Crippen LogP contribution in [0.2, 0.25) is 0 Å². The predicted molar refractivity (Wildman–Crippen MR) is 89.1 cm³/mol. The third-order valence-electron chi connectivity index (χ3n) is 4.28. The summed E-state index contributed by atoms with van der Waals surface area (Å²) in [6, 6.07) is 0. The second kappa shape index (κ2) is 6.03. The highest BCUT2D eigenvalue weighted by atomic mass is 32.1. The van der Waals surface area contributed by atoms with Gasteiger partial charge in [0.25, 0.3) is 0 Å². The van der Waals surface area contributed by atoms with Crippen LogP contribution in [-0.2, 0) is 22.3 Å². The Morgan fingerprint density at radius 3 is 2.96 bits per heavy atom. The molecule has 1 aliphatic rings. The lowest BCUT2D eigenvalue weighted by Gasteiger charge is -2.15. The Bertz CT molecular complexity index is 839. The number of ether oxygens (including phenoxy) is 2. The van der Waals surface area contributed by atoms with E-state index in [2.05, 4.69) is 15.4 Å². The van der Waals surface area contributed by atoms with E-state index in [0.717, 1.165) is 23.3 Å². The van der Waals surface area contributed by atoms with E-state index in [1.165, 1.54) is 28.7 Å². The zero-order valence-corrected chi connectivity index (χ0v) is 14.0. The fourth-order valence-corrected chi connectivity index (χ4v) is 4.38. The second-order valence-corrected chi connectivity index (χ2v) is 6.69. The number of fused-ring (bicyclic) bond motifs is 5. The van der Waals surface area contributed by atoms with Gasteiger partial charge >= 0.3 is 0 Å². The predicted octanol–water partition coefficient (Wildman–Crippen LogP) is 2.25. The second-order valence-electron chi connectivity index (χ2n) is 5.60. The molecule has 0 amide bonds. The van der Waals surface area contributed by atoms with Gasteiger partial charge in [-0.25, -0.2) is 9.97 Å². The van der Waals surface area contributed by atoms with Crippen LogP contribution in [0.3, 0.4) is 0 Å². The fraction of sp³-hybridized carbons (Fsp3) is 0.533. The summed E-state index contributed by atoms with van der Waals surface area (Å²) < 4.78 is 12.2. The summed E-state index contributed by atoms with van der Waals surface area (Å²) in [6.07, 6.45) is 6.01. The van der Waals surface area contributed by atoms with Crippen molar-refractivity contribution in [1.82, 2.24) is 19.6 Å². The molecule has 122 valence electrons. The van der Waals surface area contributed by atoms with Crippen LogP contribution in [0.1, 0.15) is 23.3 Å². The van der Waals surface area contributed by atoms with E-state index in [1.807, 2.05) is 0 Å². The Hall–Kier alpha value is -1.77. The molecule has 0 aliphatic heterocycles. The SMILES string of the molecule is COC(CNc1nc2sc3c(c2c2ncnn12)CCCC3)OC. The van der Waals surface area contributed by atoms with Gasteiger partial charge in [0.1, 0.15) is 11.2 Å². The highest BCUT2D eigenvalue weighted by molar-refractivity contribution is 7.19. The maximum Gasteiger partial charge on any atom is 0.227 e. The molecule has 1 aliphatic carbocycles. The van der Waals surface area contributed by atoms with Gasteiger partial charge in [0.2, 0.25) is 5.95 Å². The van der Waals surface area contributed by atoms with Crippen LogP contribution in [0.5, 0.6) is 0 Å². The van der Waals surface area contributed by atoms with Crippen molar-refractivity contribution in [2.75, 3.05) is 26.1 Å². The van der Waals surface area contributed by atoms with Crippen molar-refractivity contribution in [1.29, 1.82) is 0 Å². The van der Waals surface area contributed by atoms with Crippen LogP contribution >= 0.6 is 11.3 Å². The van der Waals surface area contributed by atoms with Crippen molar-refractivity contribution in [3.05, 3.63) is 16.8 Å². The molecule has 3 heterocycles. The molecule has 0 atom stereocenters. The number of aryl methyl sites for hydroxylation is 2. The van der Waals surface area contributed by atoms with Gasteiger partial charge in [-0.15, -0.1) is 11.3 Å². The van der Waals surface area contributed by atoms with Gasteiger partial charge < -0.3 is 14.8 Å². The molecule has 0 unspecified atom stereocenters. The number of rotatable bonds is 5. The van der Waals surface area contributed by atoms with Crippen molar-refractivity contribution >= 4 is 33.1 Å². The zero-order chi connectivity index (χ0) is 15.8. The van der Waals surface area contributed by atoms with E-state index in [0.29, 0.717) is 12.5 Å².